The molecule has 0 bridgehead atoms. The van der Waals surface area contributed by atoms with Crippen molar-refractivity contribution in [2.45, 2.75) is 25.7 Å². The van der Waals surface area contributed by atoms with E-state index in [1.165, 1.54) is 0 Å². The summed E-state index contributed by atoms with van der Waals surface area (Å²) in [5, 5.41) is 7.17. The summed E-state index contributed by atoms with van der Waals surface area (Å²) in [5.41, 5.74) is 0. The Morgan fingerprint density at radius 3 is 2.89 bits per heavy atom. The number of H-pyrrole nitrogens is 1. The van der Waals surface area contributed by atoms with Gasteiger partial charge >= 0.3 is 0 Å². The van der Waals surface area contributed by atoms with Crippen LogP contribution in [0.5, 0.6) is 0 Å². The fraction of sp³-hybridized carbons (Fsp3) is 0.500. The minimum Gasteiger partial charge on any atom is -0.340 e. The lowest BCUT2D eigenvalue weighted by atomic mass is 9.98. The molecule has 0 amide bonds. The molecule has 18 heavy (non-hydrogen) atoms. The van der Waals surface area contributed by atoms with Gasteiger partial charge in [0, 0.05) is 31.4 Å². The summed E-state index contributed by atoms with van der Waals surface area (Å²) in [4.78, 5) is 15.2. The summed E-state index contributed by atoms with van der Waals surface area (Å²) >= 11 is 0. The lowest BCUT2D eigenvalue weighted by Crippen LogP contribution is -2.35. The zero-order valence-electron chi connectivity index (χ0n) is 10.4. The zero-order chi connectivity index (χ0) is 12.4. The van der Waals surface area contributed by atoms with E-state index in [4.69, 9.17) is 0 Å². The summed E-state index contributed by atoms with van der Waals surface area (Å²) in [7, 11) is 0. The number of hydrogen-bond donors (Lipinski definition) is 1. The maximum atomic E-state index is 4.43. The lowest BCUT2D eigenvalue weighted by molar-refractivity contribution is 0.486. The van der Waals surface area contributed by atoms with E-state index in [0.717, 1.165) is 43.5 Å². The van der Waals surface area contributed by atoms with Gasteiger partial charge in [-0.2, -0.15) is 5.10 Å². The van der Waals surface area contributed by atoms with E-state index in [-0.39, 0.29) is 0 Å². The van der Waals surface area contributed by atoms with Crippen LogP contribution in [0.4, 0.5) is 5.95 Å². The number of anilines is 1. The molecule has 1 fully saturated rings. The average Bonchev–Trinajstić information content (AvgIpc) is 2.87. The summed E-state index contributed by atoms with van der Waals surface area (Å²) < 4.78 is 0. The Hall–Kier alpha value is -1.98. The van der Waals surface area contributed by atoms with Crippen molar-refractivity contribution in [3.8, 4) is 0 Å². The van der Waals surface area contributed by atoms with Crippen LogP contribution in [0.1, 0.15) is 30.4 Å². The van der Waals surface area contributed by atoms with Gasteiger partial charge in [-0.25, -0.2) is 15.0 Å². The second kappa shape index (κ2) is 4.72. The van der Waals surface area contributed by atoms with Gasteiger partial charge in [0.05, 0.1) is 0 Å². The molecule has 1 saturated heterocycles. The largest absolute Gasteiger partial charge is 0.340 e. The van der Waals surface area contributed by atoms with Crippen molar-refractivity contribution in [3.63, 3.8) is 0 Å². The van der Waals surface area contributed by atoms with E-state index in [9.17, 15) is 0 Å². The number of nitrogens with zero attached hydrogens (tertiary/aromatic N) is 5. The van der Waals surface area contributed by atoms with Crippen molar-refractivity contribution in [1.82, 2.24) is 25.1 Å². The highest BCUT2D eigenvalue weighted by molar-refractivity contribution is 5.30. The highest BCUT2D eigenvalue weighted by Crippen LogP contribution is 2.26. The van der Waals surface area contributed by atoms with Crippen molar-refractivity contribution >= 4 is 5.95 Å². The van der Waals surface area contributed by atoms with Crippen molar-refractivity contribution < 1.29 is 0 Å². The number of piperidine rings is 1. The van der Waals surface area contributed by atoms with Gasteiger partial charge in [-0.3, -0.25) is 5.10 Å². The second-order valence-corrected chi connectivity index (χ2v) is 4.61. The smallest absolute Gasteiger partial charge is 0.225 e. The minimum absolute atomic E-state index is 0.368. The molecule has 2 aromatic heterocycles. The first kappa shape index (κ1) is 11.1. The number of rotatable bonds is 2. The number of aromatic nitrogens is 5. The Morgan fingerprint density at radius 1 is 1.33 bits per heavy atom. The van der Waals surface area contributed by atoms with Crippen LogP contribution in [0.3, 0.4) is 0 Å². The highest BCUT2D eigenvalue weighted by atomic mass is 15.3. The first-order chi connectivity index (χ1) is 8.83. The van der Waals surface area contributed by atoms with Crippen LogP contribution in [0.2, 0.25) is 0 Å². The molecule has 3 rings (SSSR count). The van der Waals surface area contributed by atoms with Gasteiger partial charge in [0.1, 0.15) is 5.82 Å². The minimum atomic E-state index is 0.368. The fourth-order valence-corrected chi connectivity index (χ4v) is 2.37. The van der Waals surface area contributed by atoms with Gasteiger partial charge in [0.2, 0.25) is 5.95 Å². The van der Waals surface area contributed by atoms with Gasteiger partial charge in [-0.15, -0.1) is 0 Å². The predicted octanol–water partition coefficient (Wildman–Crippen LogP) is 1.29. The number of nitrogens with one attached hydrogen (secondary N) is 1. The van der Waals surface area contributed by atoms with Crippen LogP contribution in [-0.4, -0.2) is 38.2 Å². The number of hydrogen-bond acceptors (Lipinski definition) is 5. The third-order valence-electron chi connectivity index (χ3n) is 3.24. The van der Waals surface area contributed by atoms with Crippen LogP contribution < -0.4 is 4.90 Å². The van der Waals surface area contributed by atoms with Gasteiger partial charge in [0.25, 0.3) is 0 Å². The third-order valence-corrected chi connectivity index (χ3v) is 3.24. The maximum absolute atomic E-state index is 4.43. The maximum Gasteiger partial charge on any atom is 0.225 e. The van der Waals surface area contributed by atoms with Crippen LogP contribution in [0.15, 0.2) is 18.5 Å². The molecule has 1 aliphatic heterocycles. The van der Waals surface area contributed by atoms with Crippen molar-refractivity contribution in [1.29, 1.82) is 0 Å². The second-order valence-electron chi connectivity index (χ2n) is 4.61. The Labute approximate surface area is 105 Å². The van der Waals surface area contributed by atoms with Gasteiger partial charge in [-0.05, 0) is 25.8 Å². The fourth-order valence-electron chi connectivity index (χ4n) is 2.37. The van der Waals surface area contributed by atoms with E-state index >= 15 is 0 Å². The SMILES string of the molecule is Cc1nc(C2CCCN(c3ncccn3)C2)n[nH]1. The molecule has 1 aliphatic rings. The first-order valence-corrected chi connectivity index (χ1v) is 6.24. The average molecular weight is 244 g/mol. The molecule has 0 radical (unpaired) electrons. The normalized spacial score (nSPS) is 20.1. The Morgan fingerprint density at radius 2 is 2.17 bits per heavy atom. The van der Waals surface area contributed by atoms with Crippen molar-refractivity contribution in [2.24, 2.45) is 0 Å². The Bertz CT molecular complexity index is 508. The third kappa shape index (κ3) is 2.18. The zero-order valence-corrected chi connectivity index (χ0v) is 10.4. The number of aromatic amines is 1. The van der Waals surface area contributed by atoms with Crippen LogP contribution >= 0.6 is 0 Å². The quantitative estimate of drug-likeness (QED) is 0.861. The molecule has 94 valence electrons. The van der Waals surface area contributed by atoms with E-state index in [1.807, 2.05) is 13.0 Å². The monoisotopic (exact) mass is 244 g/mol. The molecular formula is C12H16N6. The van der Waals surface area contributed by atoms with Crippen LogP contribution in [-0.2, 0) is 0 Å². The molecule has 1 N–H and O–H groups in total. The summed E-state index contributed by atoms with van der Waals surface area (Å²) in [6.07, 6.45) is 5.81. The molecular weight excluding hydrogens is 228 g/mol. The van der Waals surface area contributed by atoms with E-state index in [1.54, 1.807) is 12.4 Å². The lowest BCUT2D eigenvalue weighted by Gasteiger charge is -2.31. The Balaban J connectivity index is 1.76. The molecule has 0 aromatic carbocycles. The van der Waals surface area contributed by atoms with Gasteiger partial charge in [-0.1, -0.05) is 0 Å². The summed E-state index contributed by atoms with van der Waals surface area (Å²) in [5.74, 6) is 2.95. The van der Waals surface area contributed by atoms with Crippen LogP contribution in [0.25, 0.3) is 0 Å². The molecule has 6 nitrogen and oxygen atoms in total. The van der Waals surface area contributed by atoms with Crippen molar-refractivity contribution in [3.05, 3.63) is 30.1 Å². The summed E-state index contributed by atoms with van der Waals surface area (Å²) in [6.45, 7) is 3.82. The molecule has 3 heterocycles. The molecule has 6 heteroatoms. The van der Waals surface area contributed by atoms with Gasteiger partial charge < -0.3 is 4.90 Å². The highest BCUT2D eigenvalue weighted by Gasteiger charge is 2.25. The van der Waals surface area contributed by atoms with E-state index < -0.39 is 0 Å². The molecule has 1 unspecified atom stereocenters. The topological polar surface area (TPSA) is 70.6 Å². The van der Waals surface area contributed by atoms with Crippen LogP contribution in [0, 0.1) is 6.92 Å². The molecule has 0 saturated carbocycles. The standard InChI is InChI=1S/C12H16N6/c1-9-15-11(17-16-9)10-4-2-7-18(8-10)12-13-5-3-6-14-12/h3,5-6,10H,2,4,7-8H2,1H3,(H,15,16,17). The summed E-state index contributed by atoms with van der Waals surface area (Å²) in [6, 6.07) is 1.84. The first-order valence-electron chi connectivity index (χ1n) is 6.24. The molecule has 1 atom stereocenters. The Kier molecular flexibility index (Phi) is 2.92. The van der Waals surface area contributed by atoms with E-state index in [0.29, 0.717) is 5.92 Å². The molecule has 0 spiro atoms. The molecule has 2 aromatic rings. The molecule has 0 aliphatic carbocycles. The number of aryl methyl sites for hydroxylation is 1. The van der Waals surface area contributed by atoms with Gasteiger partial charge in [0.15, 0.2) is 5.82 Å². The van der Waals surface area contributed by atoms with Crippen molar-refractivity contribution in [2.75, 3.05) is 18.0 Å². The predicted molar refractivity (Wildman–Crippen MR) is 67.3 cm³/mol. The van der Waals surface area contributed by atoms with E-state index in [2.05, 4.69) is 30.0 Å².